The minimum absolute atomic E-state index is 0.200. The molecule has 6 nitrogen and oxygen atoms in total. The third-order valence-corrected chi connectivity index (χ3v) is 6.83. The standard InChI is InChI=1S/C24H28FN3O3S/c1-29-20-13-17(14-21(30-2)22(20)31-3)23-26-27-24(28(23)18-10-5-4-6-11-18)32-15-16-9-7-8-12-19(16)25/h7-9,12-14,18H,4-6,10-11,15H2,1-3H3. The lowest BCUT2D eigenvalue weighted by Crippen LogP contribution is -2.15. The monoisotopic (exact) mass is 457 g/mol. The zero-order chi connectivity index (χ0) is 22.5. The maximum Gasteiger partial charge on any atom is 0.203 e. The molecule has 1 saturated carbocycles. The van der Waals surface area contributed by atoms with Crippen molar-refractivity contribution in [3.05, 3.63) is 47.8 Å². The molecular formula is C24H28FN3O3S. The molecule has 4 rings (SSSR count). The molecule has 1 aromatic heterocycles. The predicted molar refractivity (Wildman–Crippen MR) is 123 cm³/mol. The van der Waals surface area contributed by atoms with Gasteiger partial charge in [-0.15, -0.1) is 10.2 Å². The number of thioether (sulfide) groups is 1. The molecule has 170 valence electrons. The van der Waals surface area contributed by atoms with Gasteiger partial charge >= 0.3 is 0 Å². The van der Waals surface area contributed by atoms with E-state index in [1.54, 1.807) is 27.4 Å². The van der Waals surface area contributed by atoms with E-state index >= 15 is 0 Å². The van der Waals surface area contributed by atoms with E-state index in [0.29, 0.717) is 34.6 Å². The van der Waals surface area contributed by atoms with Crippen LogP contribution in [-0.2, 0) is 5.75 Å². The molecule has 0 amide bonds. The number of halogens is 1. The molecule has 0 N–H and O–H groups in total. The molecule has 0 saturated heterocycles. The van der Waals surface area contributed by atoms with Crippen LogP contribution in [0.15, 0.2) is 41.6 Å². The van der Waals surface area contributed by atoms with Crippen LogP contribution in [0.1, 0.15) is 43.7 Å². The molecule has 32 heavy (non-hydrogen) atoms. The van der Waals surface area contributed by atoms with Crippen molar-refractivity contribution in [2.45, 2.75) is 49.1 Å². The summed E-state index contributed by atoms with van der Waals surface area (Å²) < 4.78 is 32.9. The molecule has 8 heteroatoms. The summed E-state index contributed by atoms with van der Waals surface area (Å²) in [7, 11) is 4.78. The lowest BCUT2D eigenvalue weighted by atomic mass is 9.95. The van der Waals surface area contributed by atoms with E-state index < -0.39 is 0 Å². The average Bonchev–Trinajstić information content (AvgIpc) is 3.27. The summed E-state index contributed by atoms with van der Waals surface area (Å²) in [5.41, 5.74) is 1.50. The summed E-state index contributed by atoms with van der Waals surface area (Å²) in [6, 6.07) is 11.0. The van der Waals surface area contributed by atoms with Crippen LogP contribution < -0.4 is 14.2 Å². The molecule has 3 aromatic rings. The Morgan fingerprint density at radius 3 is 2.28 bits per heavy atom. The van der Waals surface area contributed by atoms with E-state index in [4.69, 9.17) is 14.2 Å². The van der Waals surface area contributed by atoms with E-state index in [9.17, 15) is 4.39 Å². The number of hydrogen-bond acceptors (Lipinski definition) is 6. The van der Waals surface area contributed by atoms with E-state index in [-0.39, 0.29) is 5.82 Å². The highest BCUT2D eigenvalue weighted by Gasteiger charge is 2.26. The van der Waals surface area contributed by atoms with E-state index in [0.717, 1.165) is 29.4 Å². The van der Waals surface area contributed by atoms with Gasteiger partial charge in [0.25, 0.3) is 0 Å². The van der Waals surface area contributed by atoms with Gasteiger partial charge in [0.1, 0.15) is 5.82 Å². The van der Waals surface area contributed by atoms with Gasteiger partial charge in [0.15, 0.2) is 22.5 Å². The first-order valence-corrected chi connectivity index (χ1v) is 11.8. The van der Waals surface area contributed by atoms with Crippen LogP contribution in [0.5, 0.6) is 17.2 Å². The van der Waals surface area contributed by atoms with Crippen LogP contribution in [0, 0.1) is 5.82 Å². The number of rotatable bonds is 8. The normalized spacial score (nSPS) is 14.4. The fourth-order valence-electron chi connectivity index (χ4n) is 4.21. The van der Waals surface area contributed by atoms with Crippen LogP contribution in [0.25, 0.3) is 11.4 Å². The molecule has 0 radical (unpaired) electrons. The third kappa shape index (κ3) is 4.55. The molecule has 1 aliphatic carbocycles. The Labute approximate surface area is 192 Å². The smallest absolute Gasteiger partial charge is 0.203 e. The van der Waals surface area contributed by atoms with E-state index in [1.165, 1.54) is 37.1 Å². The Hall–Kier alpha value is -2.74. The van der Waals surface area contributed by atoms with Gasteiger partial charge in [-0.1, -0.05) is 49.2 Å². The summed E-state index contributed by atoms with van der Waals surface area (Å²) in [5, 5.41) is 9.85. The molecular weight excluding hydrogens is 429 g/mol. The molecule has 0 aliphatic heterocycles. The van der Waals surface area contributed by atoms with Crippen molar-refractivity contribution >= 4 is 11.8 Å². The summed E-state index contributed by atoms with van der Waals surface area (Å²) in [6.07, 6.45) is 5.74. The summed E-state index contributed by atoms with van der Waals surface area (Å²) in [4.78, 5) is 0. The van der Waals surface area contributed by atoms with Gasteiger partial charge < -0.3 is 14.2 Å². The predicted octanol–water partition coefficient (Wildman–Crippen LogP) is 5.91. The Bertz CT molecular complexity index is 1040. The van der Waals surface area contributed by atoms with Crippen molar-refractivity contribution in [2.24, 2.45) is 0 Å². The summed E-state index contributed by atoms with van der Waals surface area (Å²) >= 11 is 1.51. The summed E-state index contributed by atoms with van der Waals surface area (Å²) in [5.74, 6) is 2.73. The second kappa shape index (κ2) is 10.3. The highest BCUT2D eigenvalue weighted by atomic mass is 32.2. The second-order valence-corrected chi connectivity index (χ2v) is 8.70. The average molecular weight is 458 g/mol. The van der Waals surface area contributed by atoms with Gasteiger partial charge in [0.2, 0.25) is 5.75 Å². The van der Waals surface area contributed by atoms with Gasteiger partial charge in [-0.2, -0.15) is 0 Å². The number of nitrogens with zero attached hydrogens (tertiary/aromatic N) is 3. The van der Waals surface area contributed by atoms with Crippen molar-refractivity contribution in [3.8, 4) is 28.6 Å². The molecule has 1 heterocycles. The molecule has 0 atom stereocenters. The number of aromatic nitrogens is 3. The van der Waals surface area contributed by atoms with Gasteiger partial charge in [0.05, 0.1) is 21.3 Å². The van der Waals surface area contributed by atoms with Crippen LogP contribution >= 0.6 is 11.8 Å². The maximum absolute atomic E-state index is 14.2. The SMILES string of the molecule is COc1cc(-c2nnc(SCc3ccccc3F)n2C2CCCCC2)cc(OC)c1OC. The lowest BCUT2D eigenvalue weighted by Gasteiger charge is -2.26. The van der Waals surface area contributed by atoms with E-state index in [1.807, 2.05) is 24.3 Å². The molecule has 0 spiro atoms. The van der Waals surface area contributed by atoms with Gasteiger partial charge in [-0.25, -0.2) is 4.39 Å². The van der Waals surface area contributed by atoms with E-state index in [2.05, 4.69) is 14.8 Å². The van der Waals surface area contributed by atoms with Gasteiger partial charge in [0, 0.05) is 17.4 Å². The number of methoxy groups -OCH3 is 3. The zero-order valence-corrected chi connectivity index (χ0v) is 19.5. The maximum atomic E-state index is 14.2. The number of benzene rings is 2. The lowest BCUT2D eigenvalue weighted by molar-refractivity contribution is 0.324. The highest BCUT2D eigenvalue weighted by molar-refractivity contribution is 7.98. The Kier molecular flexibility index (Phi) is 7.19. The van der Waals surface area contributed by atoms with Crippen molar-refractivity contribution in [2.75, 3.05) is 21.3 Å². The van der Waals surface area contributed by atoms with Crippen molar-refractivity contribution < 1.29 is 18.6 Å². The minimum Gasteiger partial charge on any atom is -0.493 e. The van der Waals surface area contributed by atoms with Crippen LogP contribution in [0.3, 0.4) is 0 Å². The number of ether oxygens (including phenoxy) is 3. The van der Waals surface area contributed by atoms with Crippen LogP contribution in [0.2, 0.25) is 0 Å². The van der Waals surface area contributed by atoms with Gasteiger partial charge in [-0.05, 0) is 36.6 Å². The Morgan fingerprint density at radius 2 is 1.66 bits per heavy atom. The fraction of sp³-hybridized carbons (Fsp3) is 0.417. The molecule has 1 fully saturated rings. The van der Waals surface area contributed by atoms with Crippen molar-refractivity contribution in [1.82, 2.24) is 14.8 Å². The fourth-order valence-corrected chi connectivity index (χ4v) is 5.20. The van der Waals surface area contributed by atoms with Crippen LogP contribution in [0.4, 0.5) is 4.39 Å². The summed E-state index contributed by atoms with van der Waals surface area (Å²) in [6.45, 7) is 0. The Balaban J connectivity index is 1.75. The molecule has 0 unspecified atom stereocenters. The first kappa shape index (κ1) is 22.5. The zero-order valence-electron chi connectivity index (χ0n) is 18.6. The molecule has 2 aromatic carbocycles. The first-order chi connectivity index (χ1) is 15.7. The highest BCUT2D eigenvalue weighted by Crippen LogP contribution is 2.43. The van der Waals surface area contributed by atoms with Crippen LogP contribution in [-0.4, -0.2) is 36.1 Å². The third-order valence-electron chi connectivity index (χ3n) is 5.84. The molecule has 0 bridgehead atoms. The topological polar surface area (TPSA) is 58.4 Å². The Morgan fingerprint density at radius 1 is 0.969 bits per heavy atom. The second-order valence-electron chi connectivity index (χ2n) is 7.76. The van der Waals surface area contributed by atoms with Crippen molar-refractivity contribution in [3.63, 3.8) is 0 Å². The van der Waals surface area contributed by atoms with Crippen molar-refractivity contribution in [1.29, 1.82) is 0 Å². The largest absolute Gasteiger partial charge is 0.493 e. The molecule has 1 aliphatic rings. The minimum atomic E-state index is -0.200. The van der Waals surface area contributed by atoms with Gasteiger partial charge in [-0.3, -0.25) is 4.57 Å². The number of hydrogen-bond donors (Lipinski definition) is 0. The quantitative estimate of drug-likeness (QED) is 0.392. The first-order valence-electron chi connectivity index (χ1n) is 10.8.